The van der Waals surface area contributed by atoms with Crippen LogP contribution in [0.2, 0.25) is 0 Å². The standard InChI is InChI=1S/C16H23N3O/c1-5-17-16(14-10-18-19(4)11-14)13-7-6-8-15(9-13)20-12(2)3/h6-12,16-17H,5H2,1-4H3. The van der Waals surface area contributed by atoms with Crippen molar-refractivity contribution in [2.24, 2.45) is 7.05 Å². The van der Waals surface area contributed by atoms with Crippen molar-refractivity contribution in [1.29, 1.82) is 0 Å². The maximum absolute atomic E-state index is 5.78. The third-order valence-electron chi connectivity index (χ3n) is 3.03. The average molecular weight is 273 g/mol. The third-order valence-corrected chi connectivity index (χ3v) is 3.03. The van der Waals surface area contributed by atoms with E-state index in [1.165, 1.54) is 5.56 Å². The Labute approximate surface area is 120 Å². The lowest BCUT2D eigenvalue weighted by Crippen LogP contribution is -2.21. The first-order chi connectivity index (χ1) is 9.60. The van der Waals surface area contributed by atoms with Gasteiger partial charge in [0, 0.05) is 18.8 Å². The van der Waals surface area contributed by atoms with Crippen LogP contribution in [0.4, 0.5) is 0 Å². The number of aryl methyl sites for hydroxylation is 1. The Balaban J connectivity index is 2.29. The minimum Gasteiger partial charge on any atom is -0.491 e. The molecule has 1 aromatic carbocycles. The van der Waals surface area contributed by atoms with Gasteiger partial charge < -0.3 is 10.1 Å². The largest absolute Gasteiger partial charge is 0.491 e. The van der Waals surface area contributed by atoms with Crippen LogP contribution in [0.3, 0.4) is 0 Å². The molecule has 0 saturated heterocycles. The first-order valence-corrected chi connectivity index (χ1v) is 7.08. The van der Waals surface area contributed by atoms with Crippen LogP contribution in [0.25, 0.3) is 0 Å². The third kappa shape index (κ3) is 3.61. The van der Waals surface area contributed by atoms with E-state index >= 15 is 0 Å². The summed E-state index contributed by atoms with van der Waals surface area (Å²) in [5.74, 6) is 0.907. The lowest BCUT2D eigenvalue weighted by atomic mass is 10.0. The van der Waals surface area contributed by atoms with Gasteiger partial charge in [0.15, 0.2) is 0 Å². The van der Waals surface area contributed by atoms with Gasteiger partial charge in [0.2, 0.25) is 0 Å². The molecule has 0 fully saturated rings. The molecule has 4 nitrogen and oxygen atoms in total. The molecule has 1 heterocycles. The fraction of sp³-hybridized carbons (Fsp3) is 0.438. The van der Waals surface area contributed by atoms with Crippen LogP contribution in [0.1, 0.15) is 37.9 Å². The van der Waals surface area contributed by atoms with Crippen molar-refractivity contribution < 1.29 is 4.74 Å². The van der Waals surface area contributed by atoms with Crippen LogP contribution in [0.5, 0.6) is 5.75 Å². The summed E-state index contributed by atoms with van der Waals surface area (Å²) < 4.78 is 7.60. The maximum Gasteiger partial charge on any atom is 0.120 e. The van der Waals surface area contributed by atoms with E-state index in [0.717, 1.165) is 17.9 Å². The molecule has 4 heteroatoms. The molecule has 0 aliphatic carbocycles. The zero-order valence-corrected chi connectivity index (χ0v) is 12.6. The highest BCUT2D eigenvalue weighted by Gasteiger charge is 2.15. The van der Waals surface area contributed by atoms with Crippen molar-refractivity contribution in [3.63, 3.8) is 0 Å². The molecule has 2 aromatic rings. The Hall–Kier alpha value is -1.81. The molecule has 0 saturated carbocycles. The van der Waals surface area contributed by atoms with Gasteiger partial charge in [-0.3, -0.25) is 4.68 Å². The average Bonchev–Trinajstić information content (AvgIpc) is 2.82. The predicted octanol–water partition coefficient (Wildman–Crippen LogP) is 2.91. The molecule has 2 rings (SSSR count). The van der Waals surface area contributed by atoms with Gasteiger partial charge in [0.1, 0.15) is 5.75 Å². The predicted molar refractivity (Wildman–Crippen MR) is 80.9 cm³/mol. The number of nitrogens with one attached hydrogen (secondary N) is 1. The van der Waals surface area contributed by atoms with Crippen molar-refractivity contribution in [3.8, 4) is 5.75 Å². The van der Waals surface area contributed by atoms with E-state index in [1.54, 1.807) is 0 Å². The Kier molecular flexibility index (Phi) is 4.79. The molecule has 1 atom stereocenters. The van der Waals surface area contributed by atoms with Gasteiger partial charge >= 0.3 is 0 Å². The summed E-state index contributed by atoms with van der Waals surface area (Å²) in [4.78, 5) is 0. The fourth-order valence-corrected chi connectivity index (χ4v) is 2.26. The summed E-state index contributed by atoms with van der Waals surface area (Å²) in [6.07, 6.45) is 4.13. The second kappa shape index (κ2) is 6.57. The van der Waals surface area contributed by atoms with Gasteiger partial charge in [-0.1, -0.05) is 19.1 Å². The number of ether oxygens (including phenoxy) is 1. The minimum absolute atomic E-state index is 0.143. The Bertz CT molecular complexity index is 548. The van der Waals surface area contributed by atoms with E-state index in [2.05, 4.69) is 29.5 Å². The zero-order valence-electron chi connectivity index (χ0n) is 12.6. The highest BCUT2D eigenvalue weighted by atomic mass is 16.5. The summed E-state index contributed by atoms with van der Waals surface area (Å²) >= 11 is 0. The minimum atomic E-state index is 0.143. The van der Waals surface area contributed by atoms with E-state index in [1.807, 2.05) is 50.1 Å². The van der Waals surface area contributed by atoms with E-state index in [0.29, 0.717) is 0 Å². The first kappa shape index (κ1) is 14.6. The zero-order chi connectivity index (χ0) is 14.5. The van der Waals surface area contributed by atoms with E-state index in [-0.39, 0.29) is 12.1 Å². The number of hydrogen-bond acceptors (Lipinski definition) is 3. The summed E-state index contributed by atoms with van der Waals surface area (Å²) in [5.41, 5.74) is 2.36. The van der Waals surface area contributed by atoms with Crippen molar-refractivity contribution in [2.75, 3.05) is 6.54 Å². The second-order valence-electron chi connectivity index (χ2n) is 5.18. The SMILES string of the molecule is CCNC(c1cccc(OC(C)C)c1)c1cnn(C)c1. The van der Waals surface area contributed by atoms with Crippen LogP contribution in [-0.2, 0) is 7.05 Å². The smallest absolute Gasteiger partial charge is 0.120 e. The molecule has 20 heavy (non-hydrogen) atoms. The second-order valence-corrected chi connectivity index (χ2v) is 5.18. The summed E-state index contributed by atoms with van der Waals surface area (Å²) in [6.45, 7) is 7.08. The molecule has 0 amide bonds. The Morgan fingerprint density at radius 3 is 2.70 bits per heavy atom. The molecule has 108 valence electrons. The van der Waals surface area contributed by atoms with Crippen molar-refractivity contribution in [2.45, 2.75) is 32.9 Å². The van der Waals surface area contributed by atoms with Crippen LogP contribution >= 0.6 is 0 Å². The molecule has 0 aliphatic heterocycles. The van der Waals surface area contributed by atoms with Crippen molar-refractivity contribution >= 4 is 0 Å². The van der Waals surface area contributed by atoms with Gasteiger partial charge in [-0.2, -0.15) is 5.10 Å². The lowest BCUT2D eigenvalue weighted by molar-refractivity contribution is 0.242. The lowest BCUT2D eigenvalue weighted by Gasteiger charge is -2.18. The summed E-state index contributed by atoms with van der Waals surface area (Å²) in [6, 6.07) is 8.39. The van der Waals surface area contributed by atoms with Crippen LogP contribution in [0, 0.1) is 0 Å². The molecular formula is C16H23N3O. The highest BCUT2D eigenvalue weighted by molar-refractivity contribution is 5.35. The van der Waals surface area contributed by atoms with Gasteiger partial charge in [-0.25, -0.2) is 0 Å². The topological polar surface area (TPSA) is 39.1 Å². The number of hydrogen-bond donors (Lipinski definition) is 1. The number of aromatic nitrogens is 2. The van der Waals surface area contributed by atoms with E-state index in [9.17, 15) is 0 Å². The maximum atomic E-state index is 5.78. The molecule has 1 unspecified atom stereocenters. The van der Waals surface area contributed by atoms with Gasteiger partial charge in [0.25, 0.3) is 0 Å². The Morgan fingerprint density at radius 2 is 2.10 bits per heavy atom. The van der Waals surface area contributed by atoms with Gasteiger partial charge in [-0.15, -0.1) is 0 Å². The summed E-state index contributed by atoms with van der Waals surface area (Å²) in [7, 11) is 1.94. The molecule has 0 bridgehead atoms. The highest BCUT2D eigenvalue weighted by Crippen LogP contribution is 2.25. The van der Waals surface area contributed by atoms with Gasteiger partial charge in [0.05, 0.1) is 18.3 Å². The molecular weight excluding hydrogens is 250 g/mol. The summed E-state index contributed by atoms with van der Waals surface area (Å²) in [5, 5.41) is 7.76. The molecule has 0 radical (unpaired) electrons. The fourth-order valence-electron chi connectivity index (χ4n) is 2.26. The Morgan fingerprint density at radius 1 is 1.30 bits per heavy atom. The van der Waals surface area contributed by atoms with E-state index in [4.69, 9.17) is 4.74 Å². The van der Waals surface area contributed by atoms with Crippen LogP contribution in [-0.4, -0.2) is 22.4 Å². The molecule has 0 spiro atoms. The van der Waals surface area contributed by atoms with Crippen molar-refractivity contribution in [1.82, 2.24) is 15.1 Å². The van der Waals surface area contributed by atoms with Crippen molar-refractivity contribution in [3.05, 3.63) is 47.8 Å². The molecule has 1 aromatic heterocycles. The molecule has 1 N–H and O–H groups in total. The molecule has 0 aliphatic rings. The number of benzene rings is 1. The van der Waals surface area contributed by atoms with Crippen LogP contribution < -0.4 is 10.1 Å². The van der Waals surface area contributed by atoms with Crippen LogP contribution in [0.15, 0.2) is 36.7 Å². The van der Waals surface area contributed by atoms with Gasteiger partial charge in [-0.05, 0) is 38.1 Å². The van der Waals surface area contributed by atoms with E-state index < -0.39 is 0 Å². The first-order valence-electron chi connectivity index (χ1n) is 7.08. The quantitative estimate of drug-likeness (QED) is 0.879. The number of nitrogens with zero attached hydrogens (tertiary/aromatic N) is 2. The normalized spacial score (nSPS) is 12.7. The monoisotopic (exact) mass is 273 g/mol. The number of rotatable bonds is 6.